The monoisotopic (exact) mass is 224 g/mol. The second kappa shape index (κ2) is 5.08. The van der Waals surface area contributed by atoms with Crippen LogP contribution in [0.5, 0.6) is 0 Å². The molecule has 0 unspecified atom stereocenters. The zero-order valence-electron chi connectivity index (χ0n) is 11.0. The molecule has 0 atom stereocenters. The van der Waals surface area contributed by atoms with Crippen LogP contribution in [0.25, 0.3) is 0 Å². The molecule has 1 nitrogen and oxygen atoms in total. The van der Waals surface area contributed by atoms with Crippen molar-refractivity contribution in [2.24, 2.45) is 17.8 Å². The van der Waals surface area contributed by atoms with Gasteiger partial charge in [-0.1, -0.05) is 39.5 Å². The summed E-state index contributed by atoms with van der Waals surface area (Å²) >= 11 is 0. The Bertz CT molecular complexity index is 207. The van der Waals surface area contributed by atoms with Gasteiger partial charge < -0.3 is 5.11 Å². The summed E-state index contributed by atoms with van der Waals surface area (Å²) in [6.07, 6.45) is 11.3. The van der Waals surface area contributed by atoms with Gasteiger partial charge in [-0.15, -0.1) is 0 Å². The van der Waals surface area contributed by atoms with Crippen LogP contribution >= 0.6 is 0 Å². The molecule has 0 radical (unpaired) electrons. The fraction of sp³-hybridized carbons (Fsp3) is 1.00. The van der Waals surface area contributed by atoms with Crippen LogP contribution in [0.2, 0.25) is 0 Å². The highest BCUT2D eigenvalue weighted by Crippen LogP contribution is 2.41. The van der Waals surface area contributed by atoms with Crippen molar-refractivity contribution >= 4 is 0 Å². The maximum atomic E-state index is 10.6. The smallest absolute Gasteiger partial charge is 0.0650 e. The minimum absolute atomic E-state index is 0.291. The van der Waals surface area contributed by atoms with E-state index in [-0.39, 0.29) is 5.60 Å². The minimum atomic E-state index is -0.291. The van der Waals surface area contributed by atoms with Crippen molar-refractivity contribution in [3.63, 3.8) is 0 Å². The number of hydrogen-bond donors (Lipinski definition) is 1. The van der Waals surface area contributed by atoms with E-state index in [0.717, 1.165) is 37.0 Å². The van der Waals surface area contributed by atoms with Gasteiger partial charge in [0.15, 0.2) is 0 Å². The van der Waals surface area contributed by atoms with E-state index in [9.17, 15) is 5.11 Å². The Morgan fingerprint density at radius 3 is 2.12 bits per heavy atom. The Labute approximate surface area is 101 Å². The molecule has 0 aromatic rings. The summed E-state index contributed by atoms with van der Waals surface area (Å²) in [5.74, 6) is 2.50. The Morgan fingerprint density at radius 1 is 1.06 bits per heavy atom. The zero-order chi connectivity index (χ0) is 11.6. The Balaban J connectivity index is 1.81. The van der Waals surface area contributed by atoms with E-state index in [1.165, 1.54) is 38.5 Å². The van der Waals surface area contributed by atoms with Crippen LogP contribution in [0.1, 0.15) is 71.6 Å². The summed E-state index contributed by atoms with van der Waals surface area (Å²) in [4.78, 5) is 0. The summed E-state index contributed by atoms with van der Waals surface area (Å²) in [7, 11) is 0. The van der Waals surface area contributed by atoms with Crippen molar-refractivity contribution in [2.45, 2.75) is 77.2 Å². The van der Waals surface area contributed by atoms with Gasteiger partial charge in [0, 0.05) is 0 Å². The van der Waals surface area contributed by atoms with Crippen molar-refractivity contribution in [3.05, 3.63) is 0 Å². The summed E-state index contributed by atoms with van der Waals surface area (Å²) in [5, 5.41) is 10.6. The Kier molecular flexibility index (Phi) is 3.94. The molecule has 2 rings (SSSR count). The fourth-order valence-corrected chi connectivity index (χ4v) is 3.80. The van der Waals surface area contributed by atoms with Crippen LogP contribution in [0.15, 0.2) is 0 Å². The molecule has 0 aromatic carbocycles. The second-order valence-electron chi connectivity index (χ2n) is 6.66. The van der Waals surface area contributed by atoms with E-state index in [2.05, 4.69) is 13.8 Å². The van der Waals surface area contributed by atoms with Crippen LogP contribution in [-0.4, -0.2) is 10.7 Å². The average molecular weight is 224 g/mol. The molecule has 1 N–H and O–H groups in total. The molecule has 0 aromatic heterocycles. The van der Waals surface area contributed by atoms with E-state index in [1.807, 2.05) is 0 Å². The molecule has 0 saturated heterocycles. The topological polar surface area (TPSA) is 20.2 Å². The lowest BCUT2D eigenvalue weighted by Crippen LogP contribution is -2.36. The maximum absolute atomic E-state index is 10.6. The van der Waals surface area contributed by atoms with E-state index in [0.29, 0.717) is 0 Å². The van der Waals surface area contributed by atoms with Crippen molar-refractivity contribution in [1.29, 1.82) is 0 Å². The lowest BCUT2D eigenvalue weighted by atomic mass is 9.71. The van der Waals surface area contributed by atoms with Gasteiger partial charge in [0.1, 0.15) is 0 Å². The fourth-order valence-electron chi connectivity index (χ4n) is 3.80. The largest absolute Gasteiger partial charge is 0.390 e. The molecule has 16 heavy (non-hydrogen) atoms. The van der Waals surface area contributed by atoms with Crippen LogP contribution in [0.4, 0.5) is 0 Å². The van der Waals surface area contributed by atoms with Crippen molar-refractivity contribution in [2.75, 3.05) is 0 Å². The molecule has 0 aliphatic heterocycles. The van der Waals surface area contributed by atoms with Crippen LogP contribution < -0.4 is 0 Å². The molecule has 94 valence electrons. The lowest BCUT2D eigenvalue weighted by Gasteiger charge is -2.39. The van der Waals surface area contributed by atoms with Gasteiger partial charge in [0.2, 0.25) is 0 Å². The molecule has 2 saturated carbocycles. The number of hydrogen-bond acceptors (Lipinski definition) is 1. The first-order valence-corrected chi connectivity index (χ1v) is 7.31. The molecule has 2 aliphatic rings. The van der Waals surface area contributed by atoms with Crippen LogP contribution in [0.3, 0.4) is 0 Å². The molecule has 0 bridgehead atoms. The highest BCUT2D eigenvalue weighted by molar-refractivity contribution is 4.89. The first kappa shape index (κ1) is 12.4. The molecule has 2 aliphatic carbocycles. The standard InChI is InChI=1S/C15H28O/c1-12(2)14-7-9-15(16,10-8-14)11-13-5-3-4-6-13/h12-14,16H,3-11H2,1-2H3. The molecular weight excluding hydrogens is 196 g/mol. The Morgan fingerprint density at radius 2 is 1.62 bits per heavy atom. The van der Waals surface area contributed by atoms with Crippen LogP contribution in [-0.2, 0) is 0 Å². The van der Waals surface area contributed by atoms with Gasteiger partial charge in [-0.05, 0) is 49.9 Å². The second-order valence-corrected chi connectivity index (χ2v) is 6.66. The van der Waals surface area contributed by atoms with Gasteiger partial charge >= 0.3 is 0 Å². The third-order valence-electron chi connectivity index (χ3n) is 5.05. The molecule has 0 heterocycles. The van der Waals surface area contributed by atoms with Gasteiger partial charge in [-0.2, -0.15) is 0 Å². The molecule has 1 heteroatoms. The minimum Gasteiger partial charge on any atom is -0.390 e. The predicted octanol–water partition coefficient (Wildman–Crippen LogP) is 4.14. The normalized spacial score (nSPS) is 37.1. The van der Waals surface area contributed by atoms with Crippen molar-refractivity contribution < 1.29 is 5.11 Å². The lowest BCUT2D eigenvalue weighted by molar-refractivity contribution is -0.0335. The molecule has 0 amide bonds. The van der Waals surface area contributed by atoms with Crippen LogP contribution in [0, 0.1) is 17.8 Å². The summed E-state index contributed by atoms with van der Waals surface area (Å²) in [6.45, 7) is 4.65. The average Bonchev–Trinajstić information content (AvgIpc) is 2.70. The van der Waals surface area contributed by atoms with E-state index in [1.54, 1.807) is 0 Å². The molecular formula is C15H28O. The van der Waals surface area contributed by atoms with Gasteiger partial charge in [-0.25, -0.2) is 0 Å². The van der Waals surface area contributed by atoms with Gasteiger partial charge in [0.25, 0.3) is 0 Å². The predicted molar refractivity (Wildman–Crippen MR) is 68.3 cm³/mol. The third-order valence-corrected chi connectivity index (χ3v) is 5.05. The number of rotatable bonds is 3. The maximum Gasteiger partial charge on any atom is 0.0650 e. The summed E-state index contributed by atoms with van der Waals surface area (Å²) < 4.78 is 0. The number of aliphatic hydroxyl groups is 1. The van der Waals surface area contributed by atoms with Crippen molar-refractivity contribution in [3.8, 4) is 0 Å². The first-order chi connectivity index (χ1) is 7.59. The summed E-state index contributed by atoms with van der Waals surface area (Å²) in [6, 6.07) is 0. The molecule has 2 fully saturated rings. The highest BCUT2D eigenvalue weighted by atomic mass is 16.3. The zero-order valence-corrected chi connectivity index (χ0v) is 11.0. The quantitative estimate of drug-likeness (QED) is 0.763. The summed E-state index contributed by atoms with van der Waals surface area (Å²) in [5.41, 5.74) is -0.291. The third kappa shape index (κ3) is 3.00. The molecule has 0 spiro atoms. The highest BCUT2D eigenvalue weighted by Gasteiger charge is 2.36. The first-order valence-electron chi connectivity index (χ1n) is 7.31. The van der Waals surface area contributed by atoms with Gasteiger partial charge in [-0.3, -0.25) is 0 Å². The SMILES string of the molecule is CC(C)C1CCC(O)(CC2CCCC2)CC1. The van der Waals surface area contributed by atoms with Gasteiger partial charge in [0.05, 0.1) is 5.60 Å². The van der Waals surface area contributed by atoms with E-state index >= 15 is 0 Å². The Hall–Kier alpha value is -0.0400. The van der Waals surface area contributed by atoms with E-state index in [4.69, 9.17) is 0 Å². The van der Waals surface area contributed by atoms with E-state index < -0.39 is 0 Å². The van der Waals surface area contributed by atoms with Crippen molar-refractivity contribution in [1.82, 2.24) is 0 Å².